The van der Waals surface area contributed by atoms with Gasteiger partial charge < -0.3 is 4.74 Å². The number of carbonyl (C=O) groups is 3. The maximum absolute atomic E-state index is 14.2. The van der Waals surface area contributed by atoms with E-state index in [2.05, 4.69) is 5.32 Å². The minimum atomic E-state index is -1.04. The number of nitrogens with zero attached hydrogens (tertiary/aromatic N) is 1. The van der Waals surface area contributed by atoms with Gasteiger partial charge in [-0.15, -0.1) is 0 Å². The predicted molar refractivity (Wildman–Crippen MR) is 113 cm³/mol. The number of barbiturate groups is 1. The molecular weight excluding hydrogens is 418 g/mol. The first-order chi connectivity index (χ1) is 15.4. The molecule has 1 fully saturated rings. The highest BCUT2D eigenvalue weighted by Gasteiger charge is 2.38. The lowest BCUT2D eigenvalue weighted by Gasteiger charge is -2.26. The number of anilines is 1. The number of para-hydroxylation sites is 2. The van der Waals surface area contributed by atoms with E-state index < -0.39 is 23.7 Å². The van der Waals surface area contributed by atoms with E-state index >= 15 is 0 Å². The first-order valence-electron chi connectivity index (χ1n) is 9.56. The standard InChI is InChI=1S/C24H16F2N2O4/c25-17-11-9-15(10-12-17)14-32-21-8-4-1-5-16(21)13-18-22(29)27-24(31)28(23(18)30)20-7-3-2-6-19(20)26/h1-13H,14H2,(H,27,29,31)/b18-13-. The molecule has 1 aliphatic heterocycles. The van der Waals surface area contributed by atoms with E-state index in [-0.39, 0.29) is 23.7 Å². The summed E-state index contributed by atoms with van der Waals surface area (Å²) in [5.41, 5.74) is 0.493. The minimum Gasteiger partial charge on any atom is -0.488 e. The van der Waals surface area contributed by atoms with Crippen LogP contribution in [-0.2, 0) is 16.2 Å². The van der Waals surface area contributed by atoms with Crippen molar-refractivity contribution in [3.63, 3.8) is 0 Å². The van der Waals surface area contributed by atoms with Crippen molar-refractivity contribution in [1.29, 1.82) is 0 Å². The van der Waals surface area contributed by atoms with E-state index in [1.165, 1.54) is 36.4 Å². The number of ether oxygens (including phenoxy) is 1. The number of hydrogen-bond acceptors (Lipinski definition) is 4. The Labute approximate surface area is 181 Å². The van der Waals surface area contributed by atoms with Gasteiger partial charge in [-0.2, -0.15) is 0 Å². The predicted octanol–water partition coefficient (Wildman–Crippen LogP) is 4.21. The van der Waals surface area contributed by atoms with Crippen molar-refractivity contribution in [3.05, 3.63) is 101 Å². The van der Waals surface area contributed by atoms with Crippen LogP contribution in [-0.4, -0.2) is 17.8 Å². The zero-order valence-electron chi connectivity index (χ0n) is 16.5. The van der Waals surface area contributed by atoms with Crippen molar-refractivity contribution in [2.45, 2.75) is 6.61 Å². The average Bonchev–Trinajstić information content (AvgIpc) is 2.78. The fourth-order valence-corrected chi connectivity index (χ4v) is 3.14. The van der Waals surface area contributed by atoms with Crippen LogP contribution in [0.4, 0.5) is 19.3 Å². The first kappa shape index (κ1) is 20.9. The molecule has 0 aromatic heterocycles. The molecule has 4 amide bonds. The summed E-state index contributed by atoms with van der Waals surface area (Å²) < 4.78 is 33.1. The van der Waals surface area contributed by atoms with Crippen LogP contribution in [0.1, 0.15) is 11.1 Å². The van der Waals surface area contributed by atoms with E-state index in [1.807, 2.05) is 0 Å². The van der Waals surface area contributed by atoms with Gasteiger partial charge >= 0.3 is 6.03 Å². The maximum atomic E-state index is 14.2. The molecule has 4 rings (SSSR count). The number of nitrogens with one attached hydrogen (secondary N) is 1. The number of carbonyl (C=O) groups excluding carboxylic acids is 3. The first-order valence-corrected chi connectivity index (χ1v) is 9.56. The Hall–Kier alpha value is -4.33. The van der Waals surface area contributed by atoms with E-state index in [0.29, 0.717) is 16.2 Å². The van der Waals surface area contributed by atoms with E-state index in [9.17, 15) is 23.2 Å². The fourth-order valence-electron chi connectivity index (χ4n) is 3.14. The third-order valence-electron chi connectivity index (χ3n) is 4.72. The summed E-state index contributed by atoms with van der Waals surface area (Å²) in [6, 6.07) is 16.6. The van der Waals surface area contributed by atoms with Crippen LogP contribution >= 0.6 is 0 Å². The van der Waals surface area contributed by atoms with Gasteiger partial charge in [0.1, 0.15) is 29.6 Å². The quantitative estimate of drug-likeness (QED) is 0.482. The molecular formula is C24H16F2N2O4. The average molecular weight is 434 g/mol. The SMILES string of the molecule is O=C1NC(=O)N(c2ccccc2F)C(=O)/C1=C\c1ccccc1OCc1ccc(F)cc1. The molecule has 0 radical (unpaired) electrons. The number of amides is 4. The van der Waals surface area contributed by atoms with Crippen molar-refractivity contribution in [2.75, 3.05) is 4.90 Å². The summed E-state index contributed by atoms with van der Waals surface area (Å²) in [5.74, 6) is -2.65. The van der Waals surface area contributed by atoms with Gasteiger partial charge in [0.2, 0.25) is 0 Å². The number of rotatable bonds is 5. The summed E-state index contributed by atoms with van der Waals surface area (Å²) in [6.07, 6.45) is 1.28. The molecule has 0 spiro atoms. The Morgan fingerprint density at radius 3 is 2.31 bits per heavy atom. The number of hydrogen-bond donors (Lipinski definition) is 1. The van der Waals surface area contributed by atoms with Gasteiger partial charge in [0.25, 0.3) is 11.8 Å². The fraction of sp³-hybridized carbons (Fsp3) is 0.0417. The largest absolute Gasteiger partial charge is 0.488 e. The zero-order chi connectivity index (χ0) is 22.7. The van der Waals surface area contributed by atoms with Crippen molar-refractivity contribution >= 4 is 29.6 Å². The van der Waals surface area contributed by atoms with Gasteiger partial charge in [0.05, 0.1) is 5.69 Å². The molecule has 0 bridgehead atoms. The maximum Gasteiger partial charge on any atom is 0.336 e. The molecule has 3 aromatic rings. The van der Waals surface area contributed by atoms with E-state index in [1.54, 1.807) is 36.4 Å². The number of halogens is 2. The molecule has 6 nitrogen and oxygen atoms in total. The molecule has 0 aliphatic carbocycles. The second-order valence-corrected chi connectivity index (χ2v) is 6.86. The Morgan fingerprint density at radius 1 is 0.875 bits per heavy atom. The molecule has 32 heavy (non-hydrogen) atoms. The molecule has 0 saturated carbocycles. The Bertz CT molecular complexity index is 1240. The highest BCUT2D eigenvalue weighted by atomic mass is 19.1. The van der Waals surface area contributed by atoms with Crippen LogP contribution in [0.3, 0.4) is 0 Å². The molecule has 1 heterocycles. The van der Waals surface area contributed by atoms with Gasteiger partial charge in [0, 0.05) is 5.56 Å². The molecule has 1 aliphatic rings. The highest BCUT2D eigenvalue weighted by molar-refractivity contribution is 6.39. The molecule has 3 aromatic carbocycles. The van der Waals surface area contributed by atoms with Crippen molar-refractivity contribution in [2.24, 2.45) is 0 Å². The van der Waals surface area contributed by atoms with Gasteiger partial charge in [-0.3, -0.25) is 14.9 Å². The second kappa shape index (κ2) is 8.81. The van der Waals surface area contributed by atoms with E-state index in [4.69, 9.17) is 4.74 Å². The van der Waals surface area contributed by atoms with Crippen LogP contribution in [0.5, 0.6) is 5.75 Å². The molecule has 8 heteroatoms. The lowest BCUT2D eigenvalue weighted by Crippen LogP contribution is -2.54. The van der Waals surface area contributed by atoms with Gasteiger partial charge in [-0.25, -0.2) is 18.5 Å². The summed E-state index contributed by atoms with van der Waals surface area (Å²) >= 11 is 0. The third-order valence-corrected chi connectivity index (χ3v) is 4.72. The van der Waals surface area contributed by atoms with Crippen LogP contribution in [0, 0.1) is 11.6 Å². The van der Waals surface area contributed by atoms with Crippen molar-refractivity contribution in [3.8, 4) is 5.75 Å². The van der Waals surface area contributed by atoms with Crippen LogP contribution in [0.25, 0.3) is 6.08 Å². The number of benzene rings is 3. The zero-order valence-corrected chi connectivity index (χ0v) is 16.5. The summed E-state index contributed by atoms with van der Waals surface area (Å²) in [7, 11) is 0. The number of imide groups is 2. The highest BCUT2D eigenvalue weighted by Crippen LogP contribution is 2.27. The monoisotopic (exact) mass is 434 g/mol. The summed E-state index contributed by atoms with van der Waals surface area (Å²) in [4.78, 5) is 38.2. The smallest absolute Gasteiger partial charge is 0.336 e. The minimum absolute atomic E-state index is 0.125. The van der Waals surface area contributed by atoms with Crippen molar-refractivity contribution < 1.29 is 27.9 Å². The molecule has 1 saturated heterocycles. The summed E-state index contributed by atoms with van der Waals surface area (Å²) in [6.45, 7) is 0.125. The van der Waals surface area contributed by atoms with Crippen molar-refractivity contribution in [1.82, 2.24) is 5.32 Å². The van der Waals surface area contributed by atoms with E-state index in [0.717, 1.165) is 11.6 Å². The Morgan fingerprint density at radius 2 is 1.56 bits per heavy atom. The normalized spacial score (nSPS) is 15.1. The van der Waals surface area contributed by atoms with Gasteiger partial charge in [-0.05, 0) is 42.0 Å². The van der Waals surface area contributed by atoms with Gasteiger partial charge in [-0.1, -0.05) is 42.5 Å². The molecule has 0 unspecified atom stereocenters. The van der Waals surface area contributed by atoms with Crippen LogP contribution in [0.15, 0.2) is 78.4 Å². The van der Waals surface area contributed by atoms with Gasteiger partial charge in [0.15, 0.2) is 0 Å². The Balaban J connectivity index is 1.64. The molecule has 0 atom stereocenters. The number of urea groups is 1. The van der Waals surface area contributed by atoms with Crippen LogP contribution in [0.2, 0.25) is 0 Å². The Kier molecular flexibility index (Phi) is 5.76. The molecule has 160 valence electrons. The van der Waals surface area contributed by atoms with Crippen LogP contribution < -0.4 is 15.0 Å². The summed E-state index contributed by atoms with van der Waals surface area (Å²) in [5, 5.41) is 2.05. The topological polar surface area (TPSA) is 75.7 Å². The lowest BCUT2D eigenvalue weighted by atomic mass is 10.1. The lowest BCUT2D eigenvalue weighted by molar-refractivity contribution is -0.122. The second-order valence-electron chi connectivity index (χ2n) is 6.86. The molecule has 1 N–H and O–H groups in total. The third kappa shape index (κ3) is 4.24.